The van der Waals surface area contributed by atoms with Crippen LogP contribution in [-0.4, -0.2) is 0 Å². The molecule has 0 aliphatic heterocycles. The molecule has 0 aromatic heterocycles. The third-order valence-corrected chi connectivity index (χ3v) is 19.8. The van der Waals surface area contributed by atoms with E-state index in [0.29, 0.717) is 66.8 Å². The molecule has 19 rings (SSSR count). The van der Waals surface area contributed by atoms with Crippen molar-refractivity contribution in [3.8, 4) is 85.0 Å². The smallest absolute Gasteiger partial charge is 0.226 e. The van der Waals surface area contributed by atoms with Crippen molar-refractivity contribution < 1.29 is 0 Å². The largest absolute Gasteiger partial charge is 0.527 e. The molecule has 0 spiro atoms. The van der Waals surface area contributed by atoms with E-state index in [-0.39, 0.29) is 17.1 Å². The molecule has 90 heavy (non-hydrogen) atoms. The summed E-state index contributed by atoms with van der Waals surface area (Å²) in [6.07, 6.45) is 0. The zero-order chi connectivity index (χ0) is 59.9. The number of allylic oxidation sites excluding steroid dienone is 2. The molecule has 3 aliphatic rings. The highest BCUT2D eigenvalue weighted by molar-refractivity contribution is 6.30. The highest BCUT2D eigenvalue weighted by atomic mass is 14.9. The number of benzene rings is 16. The van der Waals surface area contributed by atoms with Crippen molar-refractivity contribution in [2.75, 3.05) is 0 Å². The third kappa shape index (κ3) is 6.18. The van der Waals surface area contributed by atoms with Crippen LogP contribution < -0.4 is 0 Å². The first-order chi connectivity index (χ1) is 44.4. The fraction of sp³-hybridized carbons (Fsp3) is 0. The second-order valence-electron chi connectivity index (χ2n) is 23.8. The van der Waals surface area contributed by atoms with Gasteiger partial charge in [-0.05, 0) is 210 Å². The lowest BCUT2D eigenvalue weighted by Gasteiger charge is -2.18. The molecule has 402 valence electrons. The van der Waals surface area contributed by atoms with Crippen LogP contribution in [0.5, 0.6) is 0 Å². The van der Waals surface area contributed by atoms with Gasteiger partial charge in [-0.25, -0.2) is 10.1 Å². The molecule has 0 atom stereocenters. The SMILES string of the molecule is [C-]#[N+]C([N+]#[C-])=C1c2cc(-c3ccc4ccc5cccc6ccc3c4c56)ccc2-c2c3c(c4c(c21)-c1ccc(-c2ccc5ccc6cccc7ccc2c5c67)cc1/C4=C(/C#N)[N+]#[C-])-c1ccc(-c2ccc4ccc5cccc6ccc2c4c56)cc1C3=C(C#N)C#N. The minimum Gasteiger partial charge on any atom is -0.226 e. The van der Waals surface area contributed by atoms with Gasteiger partial charge in [0.2, 0.25) is 0 Å². The number of hydrogen-bond donors (Lipinski definition) is 0. The molecule has 0 bridgehead atoms. The van der Waals surface area contributed by atoms with Gasteiger partial charge in [-0.3, -0.25) is 0 Å². The van der Waals surface area contributed by atoms with E-state index >= 15 is 0 Å². The molecule has 3 aliphatic carbocycles. The van der Waals surface area contributed by atoms with Gasteiger partial charge >= 0.3 is 5.82 Å². The van der Waals surface area contributed by atoms with Gasteiger partial charge < -0.3 is 0 Å². The summed E-state index contributed by atoms with van der Waals surface area (Å²) >= 11 is 0. The topological polar surface area (TPSA) is 84.4 Å². The molecule has 0 fully saturated rings. The van der Waals surface area contributed by atoms with Gasteiger partial charge in [-0.1, -0.05) is 200 Å². The molecule has 0 radical (unpaired) electrons. The second kappa shape index (κ2) is 17.7. The van der Waals surface area contributed by atoms with Gasteiger partial charge in [0, 0.05) is 16.7 Å². The normalized spacial score (nSPS) is 13.1. The van der Waals surface area contributed by atoms with Gasteiger partial charge in [0.1, 0.15) is 30.9 Å². The van der Waals surface area contributed by atoms with Crippen molar-refractivity contribution in [2.24, 2.45) is 0 Å². The summed E-state index contributed by atoms with van der Waals surface area (Å²) in [5, 5.41) is 54.6. The molecule has 16 aromatic rings. The number of rotatable bonds is 3. The molecule has 6 nitrogen and oxygen atoms in total. The molecule has 0 saturated heterocycles. The van der Waals surface area contributed by atoms with Crippen LogP contribution >= 0.6 is 0 Å². The molecule has 0 heterocycles. The molecule has 0 N–H and O–H groups in total. The lowest BCUT2D eigenvalue weighted by Crippen LogP contribution is -1.99. The van der Waals surface area contributed by atoms with Crippen molar-refractivity contribution in [3.05, 3.63) is 303 Å². The maximum absolute atomic E-state index is 11.4. The Bertz CT molecular complexity index is 5780. The van der Waals surface area contributed by atoms with Crippen LogP contribution in [0.25, 0.3) is 195 Å². The van der Waals surface area contributed by atoms with E-state index in [2.05, 4.69) is 251 Å². The molecule has 16 aromatic carbocycles. The molecule has 6 heteroatoms. The summed E-state index contributed by atoms with van der Waals surface area (Å²) < 4.78 is 0. The van der Waals surface area contributed by atoms with E-state index in [4.69, 9.17) is 19.7 Å². The van der Waals surface area contributed by atoms with Crippen molar-refractivity contribution in [2.45, 2.75) is 0 Å². The standard InChI is InChI=1S/C84H36N6/c1-88-68(42-87)76-66-38-53(57-29-20-50-17-14-44-8-5-11-47-23-32-60(57)73(50)70(44)47)26-35-63(66)79-82(76)77-62-34-25-52(56-28-19-49-16-13-43-7-4-10-46-22-31-59(56)72(49)69(43)46)37-65(62)75(55(40-85)41-86)81(77)78-64-36-27-54(39-67(64)80(83(78)79)84(89-2)90-3)58-30-21-51-18-15-45-9-6-12-48-24-33-61(58)74(51)71(45)48/h4-39H/b76-68+. The first kappa shape index (κ1) is 49.1. The number of fused-ring (bicyclic) bond motifs is 12. The van der Waals surface area contributed by atoms with E-state index in [9.17, 15) is 15.8 Å². The highest BCUT2D eigenvalue weighted by Gasteiger charge is 2.46. The maximum atomic E-state index is 11.4. The van der Waals surface area contributed by atoms with Gasteiger partial charge in [-0.15, -0.1) is 0 Å². The molecule has 0 unspecified atom stereocenters. The summed E-state index contributed by atoms with van der Waals surface area (Å²) in [5.74, 6) is -0.155. The first-order valence-electron chi connectivity index (χ1n) is 29.7. The van der Waals surface area contributed by atoms with Crippen molar-refractivity contribution in [1.29, 1.82) is 15.8 Å². The lowest BCUT2D eigenvalue weighted by molar-refractivity contribution is 1.46. The van der Waals surface area contributed by atoms with Crippen LogP contribution in [0.15, 0.2) is 235 Å². The van der Waals surface area contributed by atoms with Crippen LogP contribution in [-0.2, 0) is 0 Å². The zero-order valence-electron chi connectivity index (χ0n) is 47.5. The summed E-state index contributed by atoms with van der Waals surface area (Å²) in [5.41, 5.74) is 14.4. The molecular weight excluding hydrogens is 1090 g/mol. The summed E-state index contributed by atoms with van der Waals surface area (Å²) in [4.78, 5) is 12.1. The Kier molecular flexibility index (Phi) is 9.66. The first-order valence-corrected chi connectivity index (χ1v) is 29.7. The van der Waals surface area contributed by atoms with Crippen LogP contribution in [0, 0.1) is 53.7 Å². The summed E-state index contributed by atoms with van der Waals surface area (Å²) in [6, 6.07) is 84.0. The number of hydrogen-bond acceptors (Lipinski definition) is 3. The zero-order valence-corrected chi connectivity index (χ0v) is 47.5. The van der Waals surface area contributed by atoms with E-state index in [1.807, 2.05) is 0 Å². The van der Waals surface area contributed by atoms with Crippen molar-refractivity contribution in [1.82, 2.24) is 0 Å². The van der Waals surface area contributed by atoms with Crippen molar-refractivity contribution in [3.63, 3.8) is 0 Å². The Morgan fingerprint density at radius 3 is 0.911 bits per heavy atom. The predicted octanol–water partition coefficient (Wildman–Crippen LogP) is 21.9. The molecule has 0 saturated carbocycles. The van der Waals surface area contributed by atoms with Crippen LogP contribution in [0.1, 0.15) is 33.4 Å². The van der Waals surface area contributed by atoms with E-state index in [0.717, 1.165) is 131 Å². The predicted molar refractivity (Wildman–Crippen MR) is 365 cm³/mol. The average Bonchev–Trinajstić information content (AvgIpc) is 1.50. The number of nitriles is 3. The van der Waals surface area contributed by atoms with Gasteiger partial charge in [-0.2, -0.15) is 20.2 Å². The minimum absolute atomic E-state index is 0.118. The monoisotopic (exact) mass is 1130 g/mol. The van der Waals surface area contributed by atoms with Crippen LogP contribution in [0.2, 0.25) is 0 Å². The summed E-state index contributed by atoms with van der Waals surface area (Å²) in [7, 11) is 0. The van der Waals surface area contributed by atoms with Crippen molar-refractivity contribution >= 4 is 114 Å². The second-order valence-corrected chi connectivity index (χ2v) is 23.8. The van der Waals surface area contributed by atoms with Gasteiger partial charge in [0.25, 0.3) is 5.70 Å². The lowest BCUT2D eigenvalue weighted by atomic mass is 9.83. The Labute approximate surface area is 514 Å². The Morgan fingerprint density at radius 1 is 0.267 bits per heavy atom. The van der Waals surface area contributed by atoms with E-state index < -0.39 is 0 Å². The third-order valence-electron chi connectivity index (χ3n) is 19.8. The average molecular weight is 1130 g/mol. The highest BCUT2D eigenvalue weighted by Crippen LogP contribution is 2.66. The Balaban J connectivity index is 0.926. The maximum Gasteiger partial charge on any atom is 0.527 e. The van der Waals surface area contributed by atoms with E-state index in [1.54, 1.807) is 0 Å². The summed E-state index contributed by atoms with van der Waals surface area (Å²) in [6.45, 7) is 26.6. The Hall–Kier alpha value is -13.2. The Morgan fingerprint density at radius 2 is 0.567 bits per heavy atom. The minimum atomic E-state index is -0.155. The number of nitrogens with zero attached hydrogens (tertiary/aromatic N) is 6. The fourth-order valence-corrected chi connectivity index (χ4v) is 16.2. The van der Waals surface area contributed by atoms with Crippen LogP contribution in [0.4, 0.5) is 0 Å². The quantitative estimate of drug-likeness (QED) is 0.100. The van der Waals surface area contributed by atoms with Gasteiger partial charge in [0.05, 0.1) is 18.2 Å². The molecule has 0 amide bonds. The fourth-order valence-electron chi connectivity index (χ4n) is 16.2. The van der Waals surface area contributed by atoms with E-state index in [1.165, 1.54) is 16.2 Å². The van der Waals surface area contributed by atoms with Gasteiger partial charge in [0.15, 0.2) is 0 Å². The van der Waals surface area contributed by atoms with Crippen LogP contribution in [0.3, 0.4) is 0 Å². The molecular formula is C84H36N6.